The molecule has 0 bridgehead atoms. The third kappa shape index (κ3) is 3.20. The van der Waals surface area contributed by atoms with Crippen molar-refractivity contribution in [1.29, 1.82) is 0 Å². The van der Waals surface area contributed by atoms with E-state index in [1.165, 1.54) is 0 Å². The Bertz CT molecular complexity index is 1160. The smallest absolute Gasteiger partial charge is 0.249 e. The Balaban J connectivity index is 1.69. The molecule has 0 saturated carbocycles. The van der Waals surface area contributed by atoms with Crippen LogP contribution in [0.2, 0.25) is 0 Å². The molecule has 4 aromatic rings. The van der Waals surface area contributed by atoms with Gasteiger partial charge in [0.25, 0.3) is 0 Å². The number of anilines is 1. The van der Waals surface area contributed by atoms with Crippen molar-refractivity contribution in [3.63, 3.8) is 0 Å². The quantitative estimate of drug-likeness (QED) is 0.428. The Kier molecular flexibility index (Phi) is 3.87. The largest absolute Gasteiger partial charge is 0.317 e. The molecular weight excluding hydrogens is 334 g/mol. The molecule has 4 nitrogen and oxygen atoms in total. The summed E-state index contributed by atoms with van der Waals surface area (Å²) in [6.07, 6.45) is 0. The first kappa shape index (κ1) is 15.6. The highest BCUT2D eigenvalue weighted by molar-refractivity contribution is 7.86. The van der Waals surface area contributed by atoms with Crippen molar-refractivity contribution >= 4 is 37.4 Å². The van der Waals surface area contributed by atoms with Crippen molar-refractivity contribution in [3.05, 3.63) is 84.9 Å². The number of fused-ring (bicyclic) bond motifs is 2. The van der Waals surface area contributed by atoms with Crippen molar-refractivity contribution in [3.8, 4) is 0 Å². The molecule has 0 aromatic heterocycles. The van der Waals surface area contributed by atoms with Gasteiger partial charge in [-0.3, -0.25) is 0 Å². The minimum absolute atomic E-state index is 0.110. The van der Waals surface area contributed by atoms with Gasteiger partial charge in [0.15, 0.2) is 0 Å². The molecule has 0 amide bonds. The highest BCUT2D eigenvalue weighted by Gasteiger charge is 2.16. The maximum absolute atomic E-state index is 12.4. The van der Waals surface area contributed by atoms with Gasteiger partial charge in [-0.1, -0.05) is 48.5 Å². The maximum atomic E-state index is 12.4. The molecule has 0 radical (unpaired) electrons. The normalized spacial score (nSPS) is 11.7. The average molecular weight is 349 g/mol. The summed E-state index contributed by atoms with van der Waals surface area (Å²) in [7, 11) is -3.91. The minimum atomic E-state index is -3.91. The number of benzene rings is 4. The second-order valence-electron chi connectivity index (χ2n) is 5.71. The van der Waals surface area contributed by atoms with E-state index in [2.05, 4.69) is 5.48 Å². The molecule has 0 atom stereocenters. The highest BCUT2D eigenvalue weighted by atomic mass is 32.2. The van der Waals surface area contributed by atoms with E-state index < -0.39 is 10.1 Å². The van der Waals surface area contributed by atoms with Crippen LogP contribution in [0.1, 0.15) is 0 Å². The van der Waals surface area contributed by atoms with Crippen LogP contribution in [0.5, 0.6) is 0 Å². The number of nitrogens with one attached hydrogen (secondary N) is 1. The van der Waals surface area contributed by atoms with E-state index in [4.69, 9.17) is 4.28 Å². The van der Waals surface area contributed by atoms with E-state index >= 15 is 0 Å². The summed E-state index contributed by atoms with van der Waals surface area (Å²) in [6.45, 7) is 0. The SMILES string of the molecule is O=S(=O)(ONc1ccccc1)c1ccc2cc3ccccc3cc2c1. The van der Waals surface area contributed by atoms with Crippen molar-refractivity contribution < 1.29 is 12.7 Å². The molecule has 0 aliphatic heterocycles. The fourth-order valence-electron chi connectivity index (χ4n) is 2.73. The Morgan fingerprint density at radius 3 is 1.96 bits per heavy atom. The highest BCUT2D eigenvalue weighted by Crippen LogP contribution is 2.26. The Morgan fingerprint density at radius 1 is 0.640 bits per heavy atom. The van der Waals surface area contributed by atoms with Crippen LogP contribution in [0.3, 0.4) is 0 Å². The lowest BCUT2D eigenvalue weighted by atomic mass is 10.0. The number of hydrogen-bond acceptors (Lipinski definition) is 4. The summed E-state index contributed by atoms with van der Waals surface area (Å²) in [6, 6.07) is 25.9. The van der Waals surface area contributed by atoms with Gasteiger partial charge in [0.05, 0.1) is 10.6 Å². The Hall–Kier alpha value is -2.89. The third-order valence-electron chi connectivity index (χ3n) is 4.01. The first-order valence-electron chi connectivity index (χ1n) is 7.79. The first-order chi connectivity index (χ1) is 12.1. The van der Waals surface area contributed by atoms with E-state index in [1.54, 1.807) is 42.5 Å². The number of hydrogen-bond donors (Lipinski definition) is 1. The first-order valence-corrected chi connectivity index (χ1v) is 9.20. The molecule has 5 heteroatoms. The van der Waals surface area contributed by atoms with E-state index in [0.717, 1.165) is 21.5 Å². The molecular formula is C20H15NO3S. The second kappa shape index (κ2) is 6.20. The van der Waals surface area contributed by atoms with Crippen LogP contribution in [-0.4, -0.2) is 8.42 Å². The molecule has 0 saturated heterocycles. The summed E-state index contributed by atoms with van der Waals surface area (Å²) < 4.78 is 29.8. The van der Waals surface area contributed by atoms with Crippen molar-refractivity contribution in [1.82, 2.24) is 0 Å². The summed E-state index contributed by atoms with van der Waals surface area (Å²) >= 11 is 0. The molecule has 0 aliphatic rings. The zero-order chi connectivity index (χ0) is 17.3. The number of rotatable bonds is 4. The summed E-state index contributed by atoms with van der Waals surface area (Å²) in [5.41, 5.74) is 3.04. The molecule has 4 aromatic carbocycles. The summed E-state index contributed by atoms with van der Waals surface area (Å²) in [4.78, 5) is 0.110. The number of para-hydroxylation sites is 1. The van der Waals surface area contributed by atoms with Gasteiger partial charge in [-0.2, -0.15) is 8.42 Å². The van der Waals surface area contributed by atoms with Crippen molar-refractivity contribution in [2.24, 2.45) is 0 Å². The molecule has 0 fully saturated rings. The van der Waals surface area contributed by atoms with E-state index in [1.807, 2.05) is 42.5 Å². The molecule has 4 rings (SSSR count). The van der Waals surface area contributed by atoms with Crippen molar-refractivity contribution in [2.45, 2.75) is 4.90 Å². The molecule has 124 valence electrons. The lowest BCUT2D eigenvalue weighted by Gasteiger charge is -2.09. The molecule has 0 aliphatic carbocycles. The van der Waals surface area contributed by atoms with Gasteiger partial charge in [-0.15, -0.1) is 4.28 Å². The standard InChI is InChI=1S/C20H15NO3S/c22-25(23,24-21-19-8-2-1-3-9-19)20-11-10-17-12-15-6-4-5-7-16(15)13-18(17)14-20/h1-14,21H. The van der Waals surface area contributed by atoms with Crippen LogP contribution in [0.15, 0.2) is 89.8 Å². The monoisotopic (exact) mass is 349 g/mol. The second-order valence-corrected chi connectivity index (χ2v) is 7.26. The van der Waals surface area contributed by atoms with E-state index in [-0.39, 0.29) is 4.90 Å². The van der Waals surface area contributed by atoms with Crippen LogP contribution in [0.25, 0.3) is 21.5 Å². The minimum Gasteiger partial charge on any atom is -0.249 e. The van der Waals surface area contributed by atoms with Gasteiger partial charge in [-0.25, -0.2) is 5.48 Å². The third-order valence-corrected chi connectivity index (χ3v) is 5.14. The lowest BCUT2D eigenvalue weighted by Crippen LogP contribution is -2.11. The fourth-order valence-corrected chi connectivity index (χ4v) is 3.54. The molecule has 25 heavy (non-hydrogen) atoms. The fraction of sp³-hybridized carbons (Fsp3) is 0. The van der Waals surface area contributed by atoms with Crippen LogP contribution in [0.4, 0.5) is 5.69 Å². The zero-order valence-corrected chi connectivity index (χ0v) is 14.0. The topological polar surface area (TPSA) is 55.4 Å². The molecule has 0 unspecified atom stereocenters. The van der Waals surface area contributed by atoms with Crippen LogP contribution >= 0.6 is 0 Å². The average Bonchev–Trinajstić information content (AvgIpc) is 2.65. The Morgan fingerprint density at radius 2 is 1.24 bits per heavy atom. The Labute approximate surface area is 145 Å². The maximum Gasteiger partial charge on any atom is 0.317 e. The van der Waals surface area contributed by atoms with Gasteiger partial charge in [0.1, 0.15) is 0 Å². The predicted octanol–water partition coefficient (Wildman–Crippen LogP) is 4.73. The lowest BCUT2D eigenvalue weighted by molar-refractivity contribution is 0.391. The van der Waals surface area contributed by atoms with Gasteiger partial charge in [0, 0.05) is 0 Å². The zero-order valence-electron chi connectivity index (χ0n) is 13.2. The molecule has 1 N–H and O–H groups in total. The molecule has 0 spiro atoms. The van der Waals surface area contributed by atoms with Gasteiger partial charge in [0.2, 0.25) is 0 Å². The van der Waals surface area contributed by atoms with Crippen molar-refractivity contribution in [2.75, 3.05) is 5.48 Å². The van der Waals surface area contributed by atoms with Crippen LogP contribution < -0.4 is 5.48 Å². The summed E-state index contributed by atoms with van der Waals surface area (Å²) in [5.74, 6) is 0. The van der Waals surface area contributed by atoms with E-state index in [9.17, 15) is 8.42 Å². The van der Waals surface area contributed by atoms with Gasteiger partial charge >= 0.3 is 10.1 Å². The van der Waals surface area contributed by atoms with E-state index in [0.29, 0.717) is 5.69 Å². The summed E-state index contributed by atoms with van der Waals surface area (Å²) in [5, 5.41) is 4.01. The van der Waals surface area contributed by atoms with Crippen LogP contribution in [-0.2, 0) is 14.4 Å². The van der Waals surface area contributed by atoms with Gasteiger partial charge < -0.3 is 0 Å². The molecule has 0 heterocycles. The van der Waals surface area contributed by atoms with Gasteiger partial charge in [-0.05, 0) is 57.9 Å². The van der Waals surface area contributed by atoms with Crippen LogP contribution in [0, 0.1) is 0 Å². The predicted molar refractivity (Wildman–Crippen MR) is 99.8 cm³/mol.